The molecule has 2 N–H and O–H groups in total. The van der Waals surface area contributed by atoms with E-state index >= 15 is 0 Å². The fraction of sp³-hybridized carbons (Fsp3) is 0.0909. The second-order valence-electron chi connectivity index (χ2n) is 6.49. The van der Waals surface area contributed by atoms with Crippen LogP contribution in [0.4, 0.5) is 0 Å². The molecule has 0 bridgehead atoms. The number of aromatic hydroxyl groups is 2. The van der Waals surface area contributed by atoms with Gasteiger partial charge in [-0.15, -0.1) is 0 Å². The van der Waals surface area contributed by atoms with Gasteiger partial charge >= 0.3 is 5.82 Å². The number of benzene rings is 3. The smallest absolute Gasteiger partial charge is 0.340 e. The van der Waals surface area contributed by atoms with Gasteiger partial charge in [0.1, 0.15) is 17.2 Å². The summed E-state index contributed by atoms with van der Waals surface area (Å²) in [5.41, 5.74) is 3.37. The average Bonchev–Trinajstić information content (AvgIpc) is 3.19. The van der Waals surface area contributed by atoms with Crippen LogP contribution in [-0.4, -0.2) is 25.2 Å². The molecule has 0 atom stereocenters. The fourth-order valence-corrected chi connectivity index (χ4v) is 2.93. The van der Waals surface area contributed by atoms with Crippen LogP contribution in [0, 0.1) is 11.3 Å². The van der Waals surface area contributed by atoms with Gasteiger partial charge in [-0.25, -0.2) is 0 Å². The molecule has 29 heavy (non-hydrogen) atoms. The summed E-state index contributed by atoms with van der Waals surface area (Å²) in [5.74, 6) is 0.856. The van der Waals surface area contributed by atoms with Crippen LogP contribution in [0.5, 0.6) is 11.5 Å². The Hall–Kier alpha value is -4.18. The van der Waals surface area contributed by atoms with Gasteiger partial charge in [0.05, 0.1) is 16.7 Å². The number of nitrogens with zero attached hydrogens (tertiary/aromatic N) is 5. The summed E-state index contributed by atoms with van der Waals surface area (Å²) in [6, 6.07) is 23.3. The van der Waals surface area contributed by atoms with Gasteiger partial charge < -0.3 is 10.2 Å². The average molecular weight is 384 g/mol. The number of phenolic OH excluding ortho intramolecular Hbond substituents is 2. The Kier molecular flexibility index (Phi) is 4.91. The van der Waals surface area contributed by atoms with E-state index in [0.29, 0.717) is 18.7 Å². The van der Waals surface area contributed by atoms with E-state index in [1.54, 1.807) is 58.1 Å². The summed E-state index contributed by atoms with van der Waals surface area (Å²) in [5, 5.41) is 37.2. The molecule has 0 aliphatic carbocycles. The minimum absolute atomic E-state index is 0.165. The minimum atomic E-state index is 0.165. The van der Waals surface area contributed by atoms with E-state index in [1.165, 1.54) is 0 Å². The molecule has 0 radical (unpaired) electrons. The Morgan fingerprint density at radius 2 is 1.48 bits per heavy atom. The van der Waals surface area contributed by atoms with Crippen molar-refractivity contribution in [3.63, 3.8) is 0 Å². The number of hydrogen-bond donors (Lipinski definition) is 2. The second-order valence-corrected chi connectivity index (χ2v) is 6.49. The van der Waals surface area contributed by atoms with E-state index in [4.69, 9.17) is 5.26 Å². The van der Waals surface area contributed by atoms with Crippen molar-refractivity contribution in [3.8, 4) is 40.3 Å². The molecule has 0 saturated carbocycles. The predicted octanol–water partition coefficient (Wildman–Crippen LogP) is 3.08. The summed E-state index contributed by atoms with van der Waals surface area (Å²) in [4.78, 5) is 3.26. The lowest BCUT2D eigenvalue weighted by Crippen LogP contribution is -2.43. The second kappa shape index (κ2) is 7.82. The third-order valence-corrected chi connectivity index (χ3v) is 4.46. The van der Waals surface area contributed by atoms with E-state index < -0.39 is 0 Å². The Labute approximate surface area is 167 Å². The van der Waals surface area contributed by atoms with Gasteiger partial charge in [-0.2, -0.15) is 5.26 Å². The minimum Gasteiger partial charge on any atom is -0.508 e. The van der Waals surface area contributed by atoms with Crippen molar-refractivity contribution in [1.29, 1.82) is 5.26 Å². The van der Waals surface area contributed by atoms with Crippen molar-refractivity contribution in [2.24, 2.45) is 0 Å². The monoisotopic (exact) mass is 384 g/mol. The highest BCUT2D eigenvalue weighted by Crippen LogP contribution is 2.18. The first-order valence-corrected chi connectivity index (χ1v) is 9.09. The quantitative estimate of drug-likeness (QED) is 0.515. The molecule has 142 valence electrons. The Morgan fingerprint density at radius 1 is 0.862 bits per heavy atom. The molecule has 1 heterocycles. The molecule has 7 nitrogen and oxygen atoms in total. The topological polar surface area (TPSA) is 98.8 Å². The maximum absolute atomic E-state index is 9.59. The van der Waals surface area contributed by atoms with E-state index in [-0.39, 0.29) is 11.5 Å². The largest absolute Gasteiger partial charge is 0.508 e. The molecular weight excluding hydrogens is 366 g/mol. The molecule has 1 aromatic heterocycles. The third-order valence-electron chi connectivity index (χ3n) is 4.46. The van der Waals surface area contributed by atoms with Gasteiger partial charge in [-0.3, -0.25) is 0 Å². The van der Waals surface area contributed by atoms with Crippen LogP contribution >= 0.6 is 0 Å². The number of aryl methyl sites for hydroxylation is 1. The molecule has 7 heteroatoms. The highest BCUT2D eigenvalue weighted by atomic mass is 16.3. The van der Waals surface area contributed by atoms with Crippen molar-refractivity contribution in [2.75, 3.05) is 0 Å². The van der Waals surface area contributed by atoms with Crippen LogP contribution in [0.15, 0.2) is 72.8 Å². The number of aromatic nitrogens is 4. The van der Waals surface area contributed by atoms with Gasteiger partial charge in [-0.05, 0) is 82.5 Å². The van der Waals surface area contributed by atoms with Gasteiger partial charge in [-0.1, -0.05) is 12.1 Å². The van der Waals surface area contributed by atoms with Crippen molar-refractivity contribution >= 4 is 0 Å². The Balaban J connectivity index is 1.78. The molecule has 0 fully saturated rings. The zero-order chi connectivity index (χ0) is 20.2. The third kappa shape index (κ3) is 3.92. The lowest BCUT2D eigenvalue weighted by Gasteiger charge is -2.00. The molecule has 4 aromatic rings. The number of phenols is 2. The van der Waals surface area contributed by atoms with E-state index in [0.717, 1.165) is 22.5 Å². The molecule has 0 saturated heterocycles. The first-order chi connectivity index (χ1) is 14.1. The van der Waals surface area contributed by atoms with Crippen LogP contribution in [-0.2, 0) is 6.42 Å². The Morgan fingerprint density at radius 3 is 2.10 bits per heavy atom. The number of rotatable bonds is 5. The summed E-state index contributed by atoms with van der Waals surface area (Å²) >= 11 is 0. The van der Waals surface area contributed by atoms with Crippen LogP contribution in [0.25, 0.3) is 22.8 Å². The van der Waals surface area contributed by atoms with Crippen molar-refractivity contribution in [1.82, 2.24) is 15.0 Å². The standard InChI is InChI=1S/C22H17N5O2/c23-15-1-2-16-3-5-17(6-4-16)22-24-26(18-7-11-20(28)12-8-18)27(25-22)19-9-13-21(29)14-10-19/h3-14H,1-2H2,(H-,24,25,28,29)/p+1. The molecule has 0 amide bonds. The predicted molar refractivity (Wildman–Crippen MR) is 106 cm³/mol. The molecule has 4 rings (SSSR count). The van der Waals surface area contributed by atoms with Crippen LogP contribution in [0.1, 0.15) is 12.0 Å². The van der Waals surface area contributed by atoms with E-state index in [2.05, 4.69) is 16.3 Å². The highest BCUT2D eigenvalue weighted by Gasteiger charge is 2.23. The summed E-state index contributed by atoms with van der Waals surface area (Å²) in [6.45, 7) is 0. The highest BCUT2D eigenvalue weighted by molar-refractivity contribution is 5.54. The molecule has 0 spiro atoms. The number of hydrogen-bond acceptors (Lipinski definition) is 5. The van der Waals surface area contributed by atoms with Gasteiger partial charge in [0, 0.05) is 11.2 Å². The first kappa shape index (κ1) is 18.2. The summed E-state index contributed by atoms with van der Waals surface area (Å²) in [6.07, 6.45) is 1.19. The summed E-state index contributed by atoms with van der Waals surface area (Å²) < 4.78 is 0. The normalized spacial score (nSPS) is 10.6. The number of tetrazole rings is 1. The maximum Gasteiger partial charge on any atom is 0.340 e. The van der Waals surface area contributed by atoms with Crippen LogP contribution in [0.3, 0.4) is 0 Å². The van der Waals surface area contributed by atoms with Gasteiger partial charge in [0.25, 0.3) is 0 Å². The van der Waals surface area contributed by atoms with Crippen LogP contribution < -0.4 is 4.80 Å². The zero-order valence-electron chi connectivity index (χ0n) is 15.5. The first-order valence-electron chi connectivity index (χ1n) is 9.09. The van der Waals surface area contributed by atoms with E-state index in [9.17, 15) is 10.2 Å². The molecule has 0 aliphatic rings. The molecular formula is C22H18N5O2+. The van der Waals surface area contributed by atoms with Crippen molar-refractivity contribution in [3.05, 3.63) is 78.4 Å². The molecule has 0 aliphatic heterocycles. The Bertz CT molecular complexity index is 1100. The molecule has 0 unspecified atom stereocenters. The summed E-state index contributed by atoms with van der Waals surface area (Å²) in [7, 11) is 0. The van der Waals surface area contributed by atoms with E-state index in [1.807, 2.05) is 24.3 Å². The van der Waals surface area contributed by atoms with Gasteiger partial charge in [0.15, 0.2) is 5.69 Å². The lowest BCUT2D eigenvalue weighted by molar-refractivity contribution is -0.734. The van der Waals surface area contributed by atoms with Crippen molar-refractivity contribution < 1.29 is 15.0 Å². The fourth-order valence-electron chi connectivity index (χ4n) is 2.93. The van der Waals surface area contributed by atoms with Crippen LogP contribution in [0.2, 0.25) is 0 Å². The SMILES string of the molecule is N#CCCc1ccc(-c2nn(-c3ccc(O)cc3)[n+](-c3ccc(O)cc3)n2)cc1. The lowest BCUT2D eigenvalue weighted by atomic mass is 10.1. The maximum atomic E-state index is 9.59. The van der Waals surface area contributed by atoms with Gasteiger partial charge in [0.2, 0.25) is 0 Å². The zero-order valence-corrected chi connectivity index (χ0v) is 15.5. The molecule has 3 aromatic carbocycles. The van der Waals surface area contributed by atoms with Crippen molar-refractivity contribution in [2.45, 2.75) is 12.8 Å². The number of nitriles is 1.